The van der Waals surface area contributed by atoms with Crippen molar-refractivity contribution in [3.63, 3.8) is 0 Å². The first kappa shape index (κ1) is 35.5. The van der Waals surface area contributed by atoms with Crippen LogP contribution in [-0.4, -0.2) is 115 Å². The number of Topliss-reactive ketones (excluding diaryl/α,β-unsaturated/α-hetero) is 1. The van der Waals surface area contributed by atoms with E-state index in [-0.39, 0.29) is 110 Å². The second kappa shape index (κ2) is 13.8. The zero-order chi connectivity index (χ0) is 35.2. The summed E-state index contributed by atoms with van der Waals surface area (Å²) in [6.45, 7) is 13.5. The van der Waals surface area contributed by atoms with Crippen molar-refractivity contribution >= 4 is 5.78 Å². The van der Waals surface area contributed by atoms with Crippen LogP contribution in [0.4, 0.5) is 0 Å². The number of hydrogen-bond acceptors (Lipinski definition) is 11. The van der Waals surface area contributed by atoms with Crippen LogP contribution in [0.1, 0.15) is 97.3 Å². The minimum Gasteiger partial charge on any atom is -0.392 e. The van der Waals surface area contributed by atoms with Gasteiger partial charge in [0.2, 0.25) is 0 Å². The molecule has 11 heteroatoms. The predicted molar refractivity (Wildman–Crippen MR) is 185 cm³/mol. The van der Waals surface area contributed by atoms with Gasteiger partial charge in [-0.15, -0.1) is 0 Å². The smallest absolute Gasteiger partial charge is 0.172 e. The fourth-order valence-corrected chi connectivity index (χ4v) is 11.3. The molecule has 11 nitrogen and oxygen atoms in total. The van der Waals surface area contributed by atoms with Gasteiger partial charge >= 0.3 is 0 Å². The first-order valence-corrected chi connectivity index (χ1v) is 20.1. The lowest BCUT2D eigenvalue weighted by Crippen LogP contribution is -2.61. The molecular formula is C40H59NO10. The summed E-state index contributed by atoms with van der Waals surface area (Å²) in [6.07, 6.45) is 6.43. The predicted octanol–water partition coefficient (Wildman–Crippen LogP) is 4.06. The molecule has 0 aromatic carbocycles. The third-order valence-electron chi connectivity index (χ3n) is 14.2. The van der Waals surface area contributed by atoms with Crippen LogP contribution < -0.4 is 5.73 Å². The topological polar surface area (TPSA) is 137 Å². The Labute approximate surface area is 302 Å². The minimum atomic E-state index is -0.765. The van der Waals surface area contributed by atoms with Gasteiger partial charge in [-0.2, -0.15) is 0 Å². The van der Waals surface area contributed by atoms with Crippen molar-refractivity contribution in [2.24, 2.45) is 23.5 Å². The Bertz CT molecular complexity index is 1360. The van der Waals surface area contributed by atoms with Gasteiger partial charge in [0, 0.05) is 45.1 Å². The fraction of sp³-hybridized carbons (Fsp3) is 0.875. The molecule has 10 fully saturated rings. The Hall–Kier alpha value is -1.25. The van der Waals surface area contributed by atoms with Crippen molar-refractivity contribution in [1.29, 1.82) is 0 Å². The van der Waals surface area contributed by atoms with Gasteiger partial charge in [0.25, 0.3) is 0 Å². The Morgan fingerprint density at radius 2 is 1.51 bits per heavy atom. The molecule has 3 N–H and O–H groups in total. The molecule has 6 unspecified atom stereocenters. The summed E-state index contributed by atoms with van der Waals surface area (Å²) in [5.74, 6) is -0.222. The number of nitrogens with two attached hydrogens (primary N) is 1. The van der Waals surface area contributed by atoms with Crippen LogP contribution in [-0.2, 0) is 42.7 Å². The van der Waals surface area contributed by atoms with Crippen LogP contribution in [0.5, 0.6) is 0 Å². The molecule has 10 aliphatic heterocycles. The van der Waals surface area contributed by atoms with E-state index in [9.17, 15) is 9.90 Å². The van der Waals surface area contributed by atoms with E-state index in [0.29, 0.717) is 44.4 Å². The number of fused-ring (bicyclic) bond motifs is 6. The minimum absolute atomic E-state index is 0.00127. The average molecular weight is 714 g/mol. The van der Waals surface area contributed by atoms with Crippen molar-refractivity contribution in [3.8, 4) is 0 Å². The molecule has 0 aliphatic carbocycles. The maximum Gasteiger partial charge on any atom is 0.172 e. The highest BCUT2D eigenvalue weighted by Gasteiger charge is 2.68. The lowest BCUT2D eigenvalue weighted by molar-refractivity contribution is -0.292. The van der Waals surface area contributed by atoms with Crippen molar-refractivity contribution in [1.82, 2.24) is 0 Å². The van der Waals surface area contributed by atoms with E-state index in [1.165, 1.54) is 0 Å². The highest BCUT2D eigenvalue weighted by atomic mass is 16.8. The SMILES string of the molecule is C=C1C[C@@H]2CC[C@@]34C[C@@H]5O[C@H]6[C@@H](O3)C3OC(CCC3O[C@H]6C5O4)CC(=O)C[C@@H]3[C@@H](C)[C@@H](C[C@H](O)CN)O[C@H]3CC3O[C@@H](CCC1O2)C[C@@H](C)C3=C. The van der Waals surface area contributed by atoms with Gasteiger partial charge in [0.05, 0.1) is 61.0 Å². The molecule has 284 valence electrons. The lowest BCUT2D eigenvalue weighted by Gasteiger charge is -2.47. The van der Waals surface area contributed by atoms with Gasteiger partial charge in [0.1, 0.15) is 36.3 Å². The summed E-state index contributed by atoms with van der Waals surface area (Å²) in [4.78, 5) is 14.0. The summed E-state index contributed by atoms with van der Waals surface area (Å²) in [5, 5.41) is 10.5. The number of ketones is 1. The average Bonchev–Trinajstić information content (AvgIpc) is 3.77. The number of carbonyl (C=O) groups is 1. The standard InChI is InChI=1S/C40H59NO10/c1-19-11-25-5-7-29-20(2)12-27(44-29)9-10-40-17-34-36(50-40)37-38(49-34)39(51-40)35-30(48-37)8-6-26(46-35)13-23(42)14-28-22(4)31(15-24(43)18-41)47-33(28)16-32(45-25)21(19)3/h19,22,24-39,43H,2-3,5-18,41H2,1,4H3/t19-,22-,24+,25+,26?,27+,28-,29?,30?,31-,32?,33+,34+,35?,36?,37+,38-,39+,40+/m1/s1. The van der Waals surface area contributed by atoms with E-state index in [1.807, 2.05) is 0 Å². The molecule has 0 aromatic heterocycles. The van der Waals surface area contributed by atoms with Gasteiger partial charge in [-0.1, -0.05) is 27.0 Å². The van der Waals surface area contributed by atoms with Gasteiger partial charge in [-0.25, -0.2) is 0 Å². The molecule has 10 heterocycles. The van der Waals surface area contributed by atoms with E-state index < -0.39 is 11.9 Å². The largest absolute Gasteiger partial charge is 0.392 e. The first-order chi connectivity index (χ1) is 24.6. The van der Waals surface area contributed by atoms with Crippen molar-refractivity contribution < 1.29 is 47.8 Å². The van der Waals surface area contributed by atoms with Crippen LogP contribution in [0, 0.1) is 17.8 Å². The highest BCUT2D eigenvalue weighted by molar-refractivity contribution is 5.79. The number of carbonyl (C=O) groups excluding carboxylic acids is 1. The summed E-state index contributed by atoms with van der Waals surface area (Å²) < 4.78 is 54.0. The second-order valence-corrected chi connectivity index (χ2v) is 17.6. The quantitative estimate of drug-likeness (QED) is 0.410. The zero-order valence-electron chi connectivity index (χ0n) is 30.4. The summed E-state index contributed by atoms with van der Waals surface area (Å²) in [6, 6.07) is 0. The van der Waals surface area contributed by atoms with Gasteiger partial charge in [-0.05, 0) is 73.8 Å². The molecular weight excluding hydrogens is 654 g/mol. The highest BCUT2D eigenvalue weighted by Crippen LogP contribution is 2.54. The maximum atomic E-state index is 14.0. The van der Waals surface area contributed by atoms with E-state index >= 15 is 0 Å². The summed E-state index contributed by atoms with van der Waals surface area (Å²) in [5.41, 5.74) is 8.06. The molecule has 1 spiro atoms. The Morgan fingerprint density at radius 3 is 2.35 bits per heavy atom. The Kier molecular flexibility index (Phi) is 9.59. The van der Waals surface area contributed by atoms with Crippen LogP contribution in [0.15, 0.2) is 24.3 Å². The molecule has 10 saturated heterocycles. The molecule has 0 aromatic rings. The van der Waals surface area contributed by atoms with Crippen LogP contribution in [0.2, 0.25) is 0 Å². The molecule has 12 bridgehead atoms. The summed E-state index contributed by atoms with van der Waals surface area (Å²) in [7, 11) is 0. The van der Waals surface area contributed by atoms with E-state index in [4.69, 9.17) is 43.6 Å². The fourth-order valence-electron chi connectivity index (χ4n) is 11.3. The van der Waals surface area contributed by atoms with Gasteiger partial charge < -0.3 is 48.7 Å². The van der Waals surface area contributed by atoms with E-state index in [0.717, 1.165) is 56.1 Å². The second-order valence-electron chi connectivity index (χ2n) is 17.6. The molecule has 51 heavy (non-hydrogen) atoms. The number of rotatable bonds is 3. The van der Waals surface area contributed by atoms with E-state index in [2.05, 4.69) is 27.0 Å². The number of ether oxygens (including phenoxy) is 8. The normalized spacial score (nSPS) is 53.2. The Balaban J connectivity index is 0.986. The monoisotopic (exact) mass is 713 g/mol. The number of aliphatic hydroxyl groups is 1. The lowest BCUT2D eigenvalue weighted by atomic mass is 9.78. The van der Waals surface area contributed by atoms with Crippen LogP contribution >= 0.6 is 0 Å². The maximum absolute atomic E-state index is 14.0. The molecule has 0 saturated carbocycles. The van der Waals surface area contributed by atoms with Crippen LogP contribution in [0.3, 0.4) is 0 Å². The third kappa shape index (κ3) is 6.53. The number of aliphatic hydroxyl groups excluding tert-OH is 1. The van der Waals surface area contributed by atoms with Crippen molar-refractivity contribution in [2.45, 2.75) is 195 Å². The molecule has 0 amide bonds. The van der Waals surface area contributed by atoms with Gasteiger partial charge in [0.15, 0.2) is 5.79 Å². The first-order valence-electron chi connectivity index (χ1n) is 20.1. The van der Waals surface area contributed by atoms with Gasteiger partial charge in [-0.3, -0.25) is 4.79 Å². The molecule has 10 rings (SSSR count). The van der Waals surface area contributed by atoms with Crippen LogP contribution in [0.25, 0.3) is 0 Å². The summed E-state index contributed by atoms with van der Waals surface area (Å²) >= 11 is 0. The molecule has 0 radical (unpaired) electrons. The van der Waals surface area contributed by atoms with Crippen molar-refractivity contribution in [2.75, 3.05) is 6.54 Å². The van der Waals surface area contributed by atoms with E-state index in [1.54, 1.807) is 0 Å². The molecule has 19 atom stereocenters. The van der Waals surface area contributed by atoms with Crippen molar-refractivity contribution in [3.05, 3.63) is 24.3 Å². The third-order valence-corrected chi connectivity index (χ3v) is 14.2. The Morgan fingerprint density at radius 1 is 0.765 bits per heavy atom. The zero-order valence-corrected chi connectivity index (χ0v) is 30.4. The number of hydrogen-bond donors (Lipinski definition) is 2. The molecule has 10 aliphatic rings.